The van der Waals surface area contributed by atoms with E-state index < -0.39 is 24.0 Å². The largest absolute Gasteiger partial charge is 0.497 e. The summed E-state index contributed by atoms with van der Waals surface area (Å²) in [7, 11) is 3.30. The molecule has 0 aliphatic carbocycles. The maximum Gasteiger partial charge on any atom is 0.453 e. The van der Waals surface area contributed by atoms with E-state index >= 15 is 0 Å². The third kappa shape index (κ3) is 11.9. The molecule has 4 aromatic carbocycles. The van der Waals surface area contributed by atoms with E-state index in [2.05, 4.69) is 51.2 Å². The lowest BCUT2D eigenvalue weighted by Gasteiger charge is -2.11. The highest BCUT2D eigenvalue weighted by atomic mass is 19.4. The molecule has 6 heterocycles. The Bertz CT molecular complexity index is 3530. The lowest BCUT2D eigenvalue weighted by atomic mass is 10.1. The Morgan fingerprint density at radius 3 is 1.47 bits per heavy atom. The molecule has 0 atom stereocenters. The number of nitrogens with zero attached hydrogens (tertiary/aromatic N) is 10. The lowest BCUT2D eigenvalue weighted by Crippen LogP contribution is -2.18. The zero-order valence-corrected chi connectivity index (χ0v) is 39.7. The Hall–Kier alpha value is -8.50. The molecule has 22 heteroatoms. The van der Waals surface area contributed by atoms with Crippen LogP contribution in [-0.2, 0) is 51.5 Å². The molecular weight excluding hydrogens is 971 g/mol. The molecule has 0 saturated carbocycles. The molecule has 0 unspecified atom stereocenters. The molecule has 0 aliphatic rings. The Kier molecular flexibility index (Phi) is 15.3. The van der Waals surface area contributed by atoms with Gasteiger partial charge in [-0.05, 0) is 91.7 Å². The molecule has 16 nitrogen and oxygen atoms in total. The maximum atomic E-state index is 13.4. The third-order valence-corrected chi connectivity index (χ3v) is 11.5. The second-order valence-electron chi connectivity index (χ2n) is 16.5. The highest BCUT2D eigenvalue weighted by molar-refractivity contribution is 5.97. The van der Waals surface area contributed by atoms with Gasteiger partial charge in [0.15, 0.2) is 11.3 Å². The van der Waals surface area contributed by atoms with Crippen molar-refractivity contribution >= 4 is 32.8 Å². The molecule has 10 aromatic rings. The zero-order valence-electron chi connectivity index (χ0n) is 39.7. The summed E-state index contributed by atoms with van der Waals surface area (Å²) in [4.78, 5) is 9.21. The predicted octanol–water partition coefficient (Wildman–Crippen LogP) is 9.22. The van der Waals surface area contributed by atoms with Crippen LogP contribution in [0.3, 0.4) is 0 Å². The number of nitrogens with one attached hydrogen (secondary N) is 2. The van der Waals surface area contributed by atoms with Crippen LogP contribution in [0.2, 0.25) is 0 Å². The van der Waals surface area contributed by atoms with Crippen molar-refractivity contribution in [2.24, 2.45) is 0 Å². The molecule has 0 aliphatic heterocycles. The van der Waals surface area contributed by atoms with Crippen molar-refractivity contribution in [3.63, 3.8) is 0 Å². The molecule has 0 saturated heterocycles. The SMILES string of the molecule is COc1cccc(CCNCc2cccc(COc3nn4c(C(F)(F)F)nnc4c4ccccc34)n2)c1.COc1ccccc1CCNCc1cccc(COc2nn3c(C(F)(F)F)nnc3c3ccccc23)n1. The van der Waals surface area contributed by atoms with Crippen molar-refractivity contribution in [1.82, 2.24) is 60.2 Å². The first-order valence-corrected chi connectivity index (χ1v) is 23.1. The van der Waals surface area contributed by atoms with Gasteiger partial charge in [0.05, 0.1) is 37.0 Å². The first-order chi connectivity index (χ1) is 35.9. The fourth-order valence-electron chi connectivity index (χ4n) is 8.00. The van der Waals surface area contributed by atoms with E-state index in [4.69, 9.17) is 18.9 Å². The van der Waals surface area contributed by atoms with Gasteiger partial charge in [-0.1, -0.05) is 78.9 Å². The van der Waals surface area contributed by atoms with Gasteiger partial charge in [-0.25, -0.2) is 0 Å². The highest BCUT2D eigenvalue weighted by Gasteiger charge is 2.39. The Morgan fingerprint density at radius 1 is 0.486 bits per heavy atom. The van der Waals surface area contributed by atoms with E-state index in [9.17, 15) is 26.3 Å². The fraction of sp³-hybridized carbons (Fsp3) is 0.231. The first kappa shape index (κ1) is 50.4. The quantitative estimate of drug-likeness (QED) is 0.0615. The van der Waals surface area contributed by atoms with Gasteiger partial charge in [-0.3, -0.25) is 9.97 Å². The Labute approximate surface area is 418 Å². The molecule has 0 bridgehead atoms. The van der Waals surface area contributed by atoms with Gasteiger partial charge in [0.1, 0.15) is 24.7 Å². The number of halogens is 6. The van der Waals surface area contributed by atoms with Crippen molar-refractivity contribution in [2.45, 2.75) is 51.5 Å². The summed E-state index contributed by atoms with van der Waals surface area (Å²) in [6.45, 7) is 2.65. The molecule has 6 aromatic heterocycles. The first-order valence-electron chi connectivity index (χ1n) is 23.1. The second-order valence-corrected chi connectivity index (χ2v) is 16.5. The molecular formula is C52H46F6N12O4. The smallest absolute Gasteiger partial charge is 0.453 e. The number of para-hydroxylation sites is 1. The molecule has 0 amide bonds. The number of alkyl halides is 6. The number of hydrogen-bond donors (Lipinski definition) is 2. The number of fused-ring (bicyclic) bond motifs is 6. The summed E-state index contributed by atoms with van der Waals surface area (Å²) in [5.74, 6) is -0.662. The van der Waals surface area contributed by atoms with Gasteiger partial charge >= 0.3 is 12.4 Å². The monoisotopic (exact) mass is 1020 g/mol. The van der Waals surface area contributed by atoms with Crippen LogP contribution in [0.1, 0.15) is 45.6 Å². The van der Waals surface area contributed by atoms with Gasteiger partial charge in [-0.2, -0.15) is 35.4 Å². The standard InChI is InChI=1S/2C26H23F3N6O2/c1-36-22-12-5-2-7-17(22)13-14-30-15-18-8-6-9-19(31-18)16-37-24-21-11-4-3-10-20(21)23-32-33-25(26(27,28)29)35(23)34-24;1-36-20-9-4-6-17(14-20)12-13-30-15-18-7-5-8-19(31-18)16-37-24-22-11-3-2-10-21(22)23-32-33-25(26(27,28)29)35(23)34-24/h2-12,30H,13-16H2,1H3;2-11,14,30H,12-13,15-16H2,1H3. The van der Waals surface area contributed by atoms with Crippen molar-refractivity contribution in [1.29, 1.82) is 0 Å². The van der Waals surface area contributed by atoms with Crippen LogP contribution in [0.4, 0.5) is 26.3 Å². The maximum absolute atomic E-state index is 13.4. The minimum absolute atomic E-state index is 0.00888. The van der Waals surface area contributed by atoms with Gasteiger partial charge < -0.3 is 29.6 Å². The number of pyridine rings is 2. The van der Waals surface area contributed by atoms with Crippen LogP contribution in [0.15, 0.2) is 133 Å². The normalized spacial score (nSPS) is 11.8. The highest BCUT2D eigenvalue weighted by Crippen LogP contribution is 2.34. The van der Waals surface area contributed by atoms with E-state index in [1.807, 2.05) is 72.8 Å². The number of methoxy groups -OCH3 is 2. The molecule has 10 rings (SSSR count). The van der Waals surface area contributed by atoms with E-state index in [-0.39, 0.29) is 36.3 Å². The lowest BCUT2D eigenvalue weighted by molar-refractivity contribution is -0.147. The van der Waals surface area contributed by atoms with Crippen LogP contribution >= 0.6 is 0 Å². The number of rotatable bonds is 18. The summed E-state index contributed by atoms with van der Waals surface area (Å²) in [5, 5.41) is 30.8. The molecule has 380 valence electrons. The van der Waals surface area contributed by atoms with Crippen LogP contribution in [-0.4, -0.2) is 76.9 Å². The van der Waals surface area contributed by atoms with Gasteiger partial charge in [-0.15, -0.1) is 30.6 Å². The molecule has 74 heavy (non-hydrogen) atoms. The molecule has 0 fully saturated rings. The Morgan fingerprint density at radius 2 is 0.959 bits per heavy atom. The number of ether oxygens (including phenoxy) is 4. The molecule has 0 radical (unpaired) electrons. The summed E-state index contributed by atoms with van der Waals surface area (Å²) < 4.78 is 104. The van der Waals surface area contributed by atoms with Crippen molar-refractivity contribution < 1.29 is 45.3 Å². The summed E-state index contributed by atoms with van der Waals surface area (Å²) in [6.07, 6.45) is -7.77. The molecule has 2 N–H and O–H groups in total. The van der Waals surface area contributed by atoms with E-state index in [0.29, 0.717) is 55.1 Å². The Balaban J connectivity index is 0.000000182. The van der Waals surface area contributed by atoms with Gasteiger partial charge in [0.2, 0.25) is 11.8 Å². The van der Waals surface area contributed by atoms with E-state index in [0.717, 1.165) is 54.4 Å². The predicted molar refractivity (Wildman–Crippen MR) is 261 cm³/mol. The van der Waals surface area contributed by atoms with Crippen LogP contribution < -0.4 is 29.6 Å². The second kappa shape index (κ2) is 22.5. The van der Waals surface area contributed by atoms with Crippen LogP contribution in [0.25, 0.3) is 32.8 Å². The minimum Gasteiger partial charge on any atom is -0.497 e. The number of benzene rings is 4. The summed E-state index contributed by atoms with van der Waals surface area (Å²) >= 11 is 0. The average Bonchev–Trinajstić information content (AvgIpc) is 4.07. The molecule has 0 spiro atoms. The van der Waals surface area contributed by atoms with E-state index in [1.165, 1.54) is 5.56 Å². The number of aromatic nitrogens is 10. The van der Waals surface area contributed by atoms with E-state index in [1.54, 1.807) is 74.9 Å². The zero-order chi connectivity index (χ0) is 51.7. The summed E-state index contributed by atoms with van der Waals surface area (Å²) in [6, 6.07) is 40.6. The number of hydrogen-bond acceptors (Lipinski definition) is 14. The average molecular weight is 1020 g/mol. The van der Waals surface area contributed by atoms with Crippen molar-refractivity contribution in [2.75, 3.05) is 27.3 Å². The van der Waals surface area contributed by atoms with Crippen LogP contribution in [0.5, 0.6) is 23.3 Å². The van der Waals surface area contributed by atoms with Crippen molar-refractivity contribution in [3.8, 4) is 23.3 Å². The fourth-order valence-corrected chi connectivity index (χ4v) is 8.00. The van der Waals surface area contributed by atoms with Gasteiger partial charge in [0, 0.05) is 34.6 Å². The third-order valence-electron chi connectivity index (χ3n) is 11.5. The van der Waals surface area contributed by atoms with Crippen molar-refractivity contribution in [3.05, 3.63) is 179 Å². The van der Waals surface area contributed by atoms with Crippen LogP contribution in [0, 0.1) is 0 Å². The minimum atomic E-state index is -4.71. The summed E-state index contributed by atoms with van der Waals surface area (Å²) in [5.41, 5.74) is 5.18. The topological polar surface area (TPSA) is 173 Å². The van der Waals surface area contributed by atoms with Gasteiger partial charge in [0.25, 0.3) is 11.6 Å².